The summed E-state index contributed by atoms with van der Waals surface area (Å²) >= 11 is 0. The molecule has 7 N–H and O–H groups in total. The second kappa shape index (κ2) is 14.6. The van der Waals surface area contributed by atoms with E-state index in [1.165, 1.54) is 4.90 Å². The fraction of sp³-hybridized carbons (Fsp3) is 0.476. The van der Waals surface area contributed by atoms with E-state index in [0.29, 0.717) is 5.56 Å². The largest absolute Gasteiger partial charge is 0.480 e. The Morgan fingerprint density at radius 2 is 1.06 bits per heavy atom. The Bertz CT molecular complexity index is 850. The van der Waals surface area contributed by atoms with Gasteiger partial charge in [0.15, 0.2) is 0 Å². The molecule has 0 aromatic heterocycles. The average molecular weight is 498 g/mol. The number of nitrogens with zero attached hydrogens (tertiary/aromatic N) is 3. The molecule has 2 atom stereocenters. The smallest absolute Gasteiger partial charge is 0.317 e. The van der Waals surface area contributed by atoms with E-state index in [9.17, 15) is 39.3 Å². The molecule has 0 heterocycles. The third-order valence-corrected chi connectivity index (χ3v) is 5.00. The summed E-state index contributed by atoms with van der Waals surface area (Å²) in [6.07, 6.45) is 0. The molecule has 1 rings (SSSR count). The molecular weight excluding hydrogens is 468 g/mol. The van der Waals surface area contributed by atoms with Crippen molar-refractivity contribution in [1.82, 2.24) is 14.7 Å². The Kier molecular flexibility index (Phi) is 12.3. The molecule has 14 nitrogen and oxygen atoms in total. The molecular formula is C21H30N4O10. The second-order valence-electron chi connectivity index (χ2n) is 7.82. The molecule has 0 aliphatic carbocycles. The number of hydrogen-bond donors (Lipinski definition) is 6. The summed E-state index contributed by atoms with van der Waals surface area (Å²) in [6, 6.07) is 6.58. The second-order valence-corrected chi connectivity index (χ2v) is 7.82. The topological polar surface area (TPSA) is 222 Å². The minimum Gasteiger partial charge on any atom is -0.480 e. The van der Waals surface area contributed by atoms with Crippen LogP contribution in [-0.4, -0.2) is 128 Å². The van der Waals surface area contributed by atoms with Crippen molar-refractivity contribution in [3.8, 4) is 0 Å². The van der Waals surface area contributed by atoms with E-state index in [1.54, 1.807) is 30.3 Å². The summed E-state index contributed by atoms with van der Waals surface area (Å²) < 4.78 is 0. The normalized spacial score (nSPS) is 13.0. The van der Waals surface area contributed by atoms with Gasteiger partial charge in [0.2, 0.25) is 0 Å². The first-order chi connectivity index (χ1) is 16.4. The standard InChI is InChI=1S/C21H30N4O10/c22-21(14-4-2-1-3-5-14)15(25(12-19(32)33)13-20(34)35)8-23(9-16(26)27)6-7-24(10-17(28)29)11-18(30)31/h1-5,15,21H,6-13,22H2,(H,26,27)(H,28,29)(H,30,31)(H,32,33)(H,34,35). The van der Waals surface area contributed by atoms with E-state index >= 15 is 0 Å². The molecule has 1 aromatic rings. The average Bonchev–Trinajstić information content (AvgIpc) is 2.73. The van der Waals surface area contributed by atoms with Crippen LogP contribution in [0, 0.1) is 0 Å². The summed E-state index contributed by atoms with van der Waals surface area (Å²) in [7, 11) is 0. The van der Waals surface area contributed by atoms with Gasteiger partial charge in [0.1, 0.15) is 0 Å². The Balaban J connectivity index is 3.25. The molecule has 194 valence electrons. The van der Waals surface area contributed by atoms with Gasteiger partial charge in [-0.2, -0.15) is 0 Å². The van der Waals surface area contributed by atoms with Crippen molar-refractivity contribution in [3.05, 3.63) is 35.9 Å². The van der Waals surface area contributed by atoms with Crippen molar-refractivity contribution in [3.63, 3.8) is 0 Å². The number of rotatable bonds is 18. The van der Waals surface area contributed by atoms with Gasteiger partial charge in [-0.3, -0.25) is 38.7 Å². The van der Waals surface area contributed by atoms with E-state index < -0.39 is 74.7 Å². The lowest BCUT2D eigenvalue weighted by Gasteiger charge is -2.37. The quantitative estimate of drug-likeness (QED) is 0.134. The van der Waals surface area contributed by atoms with Gasteiger partial charge < -0.3 is 31.3 Å². The van der Waals surface area contributed by atoms with Crippen LogP contribution >= 0.6 is 0 Å². The first-order valence-electron chi connectivity index (χ1n) is 10.5. The van der Waals surface area contributed by atoms with Crippen molar-refractivity contribution in [2.75, 3.05) is 52.4 Å². The molecule has 0 saturated carbocycles. The predicted molar refractivity (Wildman–Crippen MR) is 120 cm³/mol. The molecule has 1 aromatic carbocycles. The molecule has 0 aliphatic heterocycles. The fourth-order valence-electron chi connectivity index (χ4n) is 3.56. The van der Waals surface area contributed by atoms with Gasteiger partial charge in [-0.1, -0.05) is 30.3 Å². The third-order valence-electron chi connectivity index (χ3n) is 5.00. The van der Waals surface area contributed by atoms with E-state index in [-0.39, 0.29) is 19.6 Å². The van der Waals surface area contributed by atoms with Crippen molar-refractivity contribution in [2.45, 2.75) is 12.1 Å². The molecule has 0 saturated heterocycles. The summed E-state index contributed by atoms with van der Waals surface area (Å²) in [5.41, 5.74) is 6.95. The van der Waals surface area contributed by atoms with Gasteiger partial charge in [-0.25, -0.2) is 0 Å². The Morgan fingerprint density at radius 3 is 1.49 bits per heavy atom. The van der Waals surface area contributed by atoms with Crippen LogP contribution < -0.4 is 5.73 Å². The monoisotopic (exact) mass is 498 g/mol. The molecule has 35 heavy (non-hydrogen) atoms. The highest BCUT2D eigenvalue weighted by Crippen LogP contribution is 2.20. The number of benzene rings is 1. The molecule has 0 amide bonds. The van der Waals surface area contributed by atoms with Crippen molar-refractivity contribution < 1.29 is 49.5 Å². The van der Waals surface area contributed by atoms with Gasteiger partial charge in [0.05, 0.1) is 32.7 Å². The zero-order valence-corrected chi connectivity index (χ0v) is 18.9. The molecule has 0 radical (unpaired) electrons. The zero-order chi connectivity index (χ0) is 26.5. The highest BCUT2D eigenvalue weighted by molar-refractivity contribution is 5.73. The van der Waals surface area contributed by atoms with Gasteiger partial charge >= 0.3 is 29.8 Å². The number of carbonyl (C=O) groups is 5. The molecule has 14 heteroatoms. The van der Waals surface area contributed by atoms with Gasteiger partial charge in [-0.05, 0) is 5.56 Å². The van der Waals surface area contributed by atoms with Crippen LogP contribution in [-0.2, 0) is 24.0 Å². The first-order valence-corrected chi connectivity index (χ1v) is 10.5. The van der Waals surface area contributed by atoms with Crippen molar-refractivity contribution >= 4 is 29.8 Å². The highest BCUT2D eigenvalue weighted by Gasteiger charge is 2.31. The Labute approximate surface area is 200 Å². The van der Waals surface area contributed by atoms with Crippen LogP contribution in [0.2, 0.25) is 0 Å². The molecule has 0 aliphatic rings. The number of hydrogen-bond acceptors (Lipinski definition) is 9. The first kappa shape index (κ1) is 29.4. The molecule has 2 unspecified atom stereocenters. The Morgan fingerprint density at radius 1 is 0.657 bits per heavy atom. The maximum atomic E-state index is 11.5. The summed E-state index contributed by atoms with van der Waals surface area (Å²) in [6.45, 7) is -3.51. The minimum absolute atomic E-state index is 0.0984. The van der Waals surface area contributed by atoms with Crippen LogP contribution in [0.4, 0.5) is 0 Å². The third kappa shape index (κ3) is 11.9. The van der Waals surface area contributed by atoms with E-state index in [4.69, 9.17) is 15.9 Å². The summed E-state index contributed by atoms with van der Waals surface area (Å²) in [5, 5.41) is 46.0. The Hall–Kier alpha value is -3.59. The lowest BCUT2D eigenvalue weighted by molar-refractivity contribution is -0.144. The van der Waals surface area contributed by atoms with Gasteiger partial charge in [-0.15, -0.1) is 0 Å². The molecule has 0 bridgehead atoms. The van der Waals surface area contributed by atoms with Gasteiger partial charge in [0.25, 0.3) is 0 Å². The minimum atomic E-state index is -1.31. The predicted octanol–water partition coefficient (Wildman–Crippen LogP) is -1.62. The van der Waals surface area contributed by atoms with Crippen molar-refractivity contribution in [1.29, 1.82) is 0 Å². The number of carboxylic acid groups (broad SMARTS) is 5. The van der Waals surface area contributed by atoms with Crippen LogP contribution in [0.3, 0.4) is 0 Å². The molecule has 0 spiro atoms. The van der Waals surface area contributed by atoms with Crippen LogP contribution in [0.5, 0.6) is 0 Å². The van der Waals surface area contributed by atoms with E-state index in [1.807, 2.05) is 0 Å². The van der Waals surface area contributed by atoms with Crippen LogP contribution in [0.25, 0.3) is 0 Å². The lowest BCUT2D eigenvalue weighted by Crippen LogP contribution is -2.54. The summed E-state index contributed by atoms with van der Waals surface area (Å²) in [5.74, 6) is -6.41. The van der Waals surface area contributed by atoms with E-state index in [0.717, 1.165) is 9.80 Å². The maximum absolute atomic E-state index is 11.5. The number of nitrogens with two attached hydrogens (primary N) is 1. The van der Waals surface area contributed by atoms with Crippen LogP contribution in [0.15, 0.2) is 30.3 Å². The zero-order valence-electron chi connectivity index (χ0n) is 18.9. The number of carboxylic acids is 5. The fourth-order valence-corrected chi connectivity index (χ4v) is 3.56. The van der Waals surface area contributed by atoms with Gasteiger partial charge in [0, 0.05) is 31.7 Å². The van der Waals surface area contributed by atoms with Crippen LogP contribution in [0.1, 0.15) is 11.6 Å². The lowest BCUT2D eigenvalue weighted by atomic mass is 9.98. The number of aliphatic carboxylic acids is 5. The van der Waals surface area contributed by atoms with Crippen molar-refractivity contribution in [2.24, 2.45) is 5.73 Å². The van der Waals surface area contributed by atoms with E-state index in [2.05, 4.69) is 0 Å². The SMILES string of the molecule is NC(c1ccccc1)C(CN(CCN(CC(=O)O)CC(=O)O)CC(=O)O)N(CC(=O)O)CC(=O)O. The molecule has 0 fully saturated rings. The maximum Gasteiger partial charge on any atom is 0.317 e. The summed E-state index contributed by atoms with van der Waals surface area (Å²) in [4.78, 5) is 60.0. The highest BCUT2D eigenvalue weighted by atomic mass is 16.4.